The second-order valence-corrected chi connectivity index (χ2v) is 9.25. The lowest BCUT2D eigenvalue weighted by atomic mass is 10.2. The van der Waals surface area contributed by atoms with Crippen LogP contribution < -0.4 is 0 Å². The Hall–Kier alpha value is -1.81. The maximum Gasteiger partial charge on any atom is 0.244 e. The summed E-state index contributed by atoms with van der Waals surface area (Å²) in [7, 11) is -3.56. The lowest BCUT2D eigenvalue weighted by Crippen LogP contribution is -2.30. The van der Waals surface area contributed by atoms with Crippen LogP contribution in [0.2, 0.25) is 0 Å². The van der Waals surface area contributed by atoms with Gasteiger partial charge < -0.3 is 9.26 Å². The van der Waals surface area contributed by atoms with E-state index >= 15 is 0 Å². The zero-order chi connectivity index (χ0) is 18.3. The number of thiophene rings is 1. The molecule has 4 heterocycles. The quantitative estimate of drug-likeness (QED) is 0.663. The van der Waals surface area contributed by atoms with Crippen LogP contribution in [0.4, 0.5) is 0 Å². The largest absolute Gasteiger partial charge is 0.372 e. The van der Waals surface area contributed by atoms with Crippen molar-refractivity contribution in [1.82, 2.24) is 14.4 Å². The molecule has 138 valence electrons. The average Bonchev–Trinajstić information content (AvgIpc) is 3.34. The molecule has 3 aromatic heterocycles. The molecule has 1 unspecified atom stereocenters. The fourth-order valence-corrected chi connectivity index (χ4v) is 5.39. The molecule has 1 atom stereocenters. The number of aromatic nitrogens is 2. The van der Waals surface area contributed by atoms with E-state index in [1.807, 2.05) is 25.3 Å². The van der Waals surface area contributed by atoms with Crippen LogP contribution in [0, 0.1) is 13.8 Å². The summed E-state index contributed by atoms with van der Waals surface area (Å²) < 4.78 is 39.2. The molecular weight excluding hydrogens is 374 g/mol. The molecule has 1 aliphatic rings. The molecule has 0 saturated carbocycles. The van der Waals surface area contributed by atoms with Crippen molar-refractivity contribution in [3.63, 3.8) is 0 Å². The van der Waals surface area contributed by atoms with E-state index in [4.69, 9.17) is 9.26 Å². The zero-order valence-electron chi connectivity index (χ0n) is 14.5. The van der Waals surface area contributed by atoms with Crippen LogP contribution >= 0.6 is 11.3 Å². The predicted molar refractivity (Wildman–Crippen MR) is 97.5 cm³/mol. The monoisotopic (exact) mass is 393 g/mol. The summed E-state index contributed by atoms with van der Waals surface area (Å²) in [6.45, 7) is 4.87. The van der Waals surface area contributed by atoms with Crippen molar-refractivity contribution >= 4 is 31.6 Å². The van der Waals surface area contributed by atoms with Crippen molar-refractivity contribution in [1.29, 1.82) is 0 Å². The Morgan fingerprint density at radius 3 is 3.04 bits per heavy atom. The van der Waals surface area contributed by atoms with Gasteiger partial charge in [-0.05, 0) is 37.8 Å². The number of rotatable bonds is 5. The summed E-state index contributed by atoms with van der Waals surface area (Å²) in [5.41, 5.74) is 2.55. The van der Waals surface area contributed by atoms with Gasteiger partial charge >= 0.3 is 0 Å². The van der Waals surface area contributed by atoms with Crippen molar-refractivity contribution in [2.24, 2.45) is 0 Å². The van der Waals surface area contributed by atoms with Gasteiger partial charge in [-0.3, -0.25) is 4.98 Å². The molecular formula is C17H19N3O4S2. The Kier molecular flexibility index (Phi) is 4.55. The van der Waals surface area contributed by atoms with E-state index in [0.717, 1.165) is 27.2 Å². The van der Waals surface area contributed by atoms with Crippen molar-refractivity contribution in [3.8, 4) is 0 Å². The standard InChI is InChI=1S/C17H19N3O4S2/c1-11-15(12(2)24-19-11)10-23-13-3-5-20(9-13)26(21,22)14-7-17-16(18-8-14)4-6-25-17/h4,6-8,13H,3,5,9-10H2,1-2H3. The second kappa shape index (κ2) is 6.73. The van der Waals surface area contributed by atoms with E-state index in [1.54, 1.807) is 6.07 Å². The highest BCUT2D eigenvalue weighted by atomic mass is 32.2. The van der Waals surface area contributed by atoms with Crippen LogP contribution in [-0.4, -0.2) is 42.1 Å². The number of nitrogens with zero attached hydrogens (tertiary/aromatic N) is 3. The Balaban J connectivity index is 1.45. The van der Waals surface area contributed by atoms with Crippen molar-refractivity contribution in [2.75, 3.05) is 13.1 Å². The maximum absolute atomic E-state index is 12.9. The van der Waals surface area contributed by atoms with E-state index in [2.05, 4.69) is 10.1 Å². The fraction of sp³-hybridized carbons (Fsp3) is 0.412. The molecule has 7 nitrogen and oxygen atoms in total. The van der Waals surface area contributed by atoms with Gasteiger partial charge in [0.15, 0.2) is 0 Å². The van der Waals surface area contributed by atoms with E-state index in [0.29, 0.717) is 26.1 Å². The first-order valence-electron chi connectivity index (χ1n) is 8.32. The Bertz CT molecular complexity index is 1020. The third kappa shape index (κ3) is 3.16. The lowest BCUT2D eigenvalue weighted by molar-refractivity contribution is 0.0500. The van der Waals surface area contributed by atoms with Crippen LogP contribution in [0.15, 0.2) is 33.1 Å². The molecule has 26 heavy (non-hydrogen) atoms. The van der Waals surface area contributed by atoms with Crippen LogP contribution in [0.5, 0.6) is 0 Å². The number of hydrogen-bond donors (Lipinski definition) is 0. The number of ether oxygens (including phenoxy) is 1. The Morgan fingerprint density at radius 1 is 1.42 bits per heavy atom. The van der Waals surface area contributed by atoms with Gasteiger partial charge in [0.2, 0.25) is 10.0 Å². The zero-order valence-corrected chi connectivity index (χ0v) is 16.1. The number of sulfonamides is 1. The fourth-order valence-electron chi connectivity index (χ4n) is 3.08. The van der Waals surface area contributed by atoms with Gasteiger partial charge in [0.1, 0.15) is 10.7 Å². The van der Waals surface area contributed by atoms with Crippen LogP contribution in [-0.2, 0) is 21.4 Å². The number of fused-ring (bicyclic) bond motifs is 1. The third-order valence-electron chi connectivity index (χ3n) is 4.67. The first-order valence-corrected chi connectivity index (χ1v) is 10.6. The number of aryl methyl sites for hydroxylation is 2. The summed E-state index contributed by atoms with van der Waals surface area (Å²) in [4.78, 5) is 4.48. The molecule has 0 N–H and O–H groups in total. The van der Waals surface area contributed by atoms with Crippen LogP contribution in [0.1, 0.15) is 23.4 Å². The highest BCUT2D eigenvalue weighted by Crippen LogP contribution is 2.27. The van der Waals surface area contributed by atoms with E-state index in [1.165, 1.54) is 21.8 Å². The molecule has 0 spiro atoms. The highest BCUT2D eigenvalue weighted by Gasteiger charge is 2.33. The van der Waals surface area contributed by atoms with Gasteiger partial charge in [0.25, 0.3) is 0 Å². The lowest BCUT2D eigenvalue weighted by Gasteiger charge is -2.16. The van der Waals surface area contributed by atoms with Crippen molar-refractivity contribution < 1.29 is 17.7 Å². The Morgan fingerprint density at radius 2 is 2.27 bits per heavy atom. The highest BCUT2D eigenvalue weighted by molar-refractivity contribution is 7.89. The first kappa shape index (κ1) is 17.6. The van der Waals surface area contributed by atoms with Gasteiger partial charge in [-0.15, -0.1) is 11.3 Å². The normalized spacial score (nSPS) is 18.8. The number of pyridine rings is 1. The van der Waals surface area contributed by atoms with Gasteiger partial charge in [-0.1, -0.05) is 5.16 Å². The molecule has 9 heteroatoms. The summed E-state index contributed by atoms with van der Waals surface area (Å²) in [5, 5.41) is 5.81. The van der Waals surface area contributed by atoms with Gasteiger partial charge in [0, 0.05) is 24.8 Å². The molecule has 1 aliphatic heterocycles. The van der Waals surface area contributed by atoms with E-state index < -0.39 is 10.0 Å². The molecule has 3 aromatic rings. The predicted octanol–water partition coefficient (Wildman–Crippen LogP) is 2.88. The topological polar surface area (TPSA) is 85.5 Å². The average molecular weight is 393 g/mol. The smallest absolute Gasteiger partial charge is 0.244 e. The summed E-state index contributed by atoms with van der Waals surface area (Å²) in [5.74, 6) is 0.736. The molecule has 0 aliphatic carbocycles. The van der Waals surface area contributed by atoms with Crippen LogP contribution in [0.3, 0.4) is 0 Å². The van der Waals surface area contributed by atoms with Gasteiger partial charge in [-0.25, -0.2) is 8.42 Å². The summed E-state index contributed by atoms with van der Waals surface area (Å²) >= 11 is 1.48. The molecule has 0 amide bonds. The Labute approximate surface area is 155 Å². The molecule has 1 saturated heterocycles. The van der Waals surface area contributed by atoms with Crippen LogP contribution in [0.25, 0.3) is 10.2 Å². The third-order valence-corrected chi connectivity index (χ3v) is 7.35. The minimum atomic E-state index is -3.56. The number of hydrogen-bond acceptors (Lipinski definition) is 7. The van der Waals surface area contributed by atoms with Crippen molar-refractivity contribution in [2.45, 2.75) is 37.9 Å². The molecule has 0 bridgehead atoms. The summed E-state index contributed by atoms with van der Waals surface area (Å²) in [6, 6.07) is 3.57. The maximum atomic E-state index is 12.9. The molecule has 4 rings (SSSR count). The first-order chi connectivity index (χ1) is 12.4. The van der Waals surface area contributed by atoms with E-state index in [-0.39, 0.29) is 11.0 Å². The van der Waals surface area contributed by atoms with E-state index in [9.17, 15) is 8.42 Å². The minimum absolute atomic E-state index is 0.142. The van der Waals surface area contributed by atoms with Gasteiger partial charge in [-0.2, -0.15) is 4.31 Å². The van der Waals surface area contributed by atoms with Crippen molar-refractivity contribution in [3.05, 3.63) is 40.7 Å². The molecule has 1 fully saturated rings. The molecule has 0 aromatic carbocycles. The summed E-state index contributed by atoms with van der Waals surface area (Å²) in [6.07, 6.45) is 1.96. The van der Waals surface area contributed by atoms with Gasteiger partial charge in [0.05, 0.1) is 28.6 Å². The SMILES string of the molecule is Cc1noc(C)c1COC1CCN(S(=O)(=O)c2cnc3ccsc3c2)C1. The second-order valence-electron chi connectivity index (χ2n) is 6.36. The molecule has 0 radical (unpaired) electrons. The minimum Gasteiger partial charge on any atom is -0.372 e.